The summed E-state index contributed by atoms with van der Waals surface area (Å²) in [6, 6.07) is 11.9. The molecule has 0 fully saturated rings. The van der Waals surface area contributed by atoms with Gasteiger partial charge in [0.1, 0.15) is 0 Å². The van der Waals surface area contributed by atoms with E-state index < -0.39 is 0 Å². The number of carbonyl (C=O) groups is 1. The third-order valence-electron chi connectivity index (χ3n) is 2.67. The average Bonchev–Trinajstić information content (AvgIpc) is 2.78. The second-order valence-electron chi connectivity index (χ2n) is 4.09. The largest absolute Gasteiger partial charge is 0.295 e. The van der Waals surface area contributed by atoms with Crippen molar-refractivity contribution in [2.24, 2.45) is 0 Å². The maximum absolute atomic E-state index is 11.2. The van der Waals surface area contributed by atoms with Crippen LogP contribution in [0.1, 0.15) is 18.7 Å². The Bertz CT molecular complexity index is 593. The predicted molar refractivity (Wildman–Crippen MR) is 79.1 cm³/mol. The molecule has 0 amide bonds. The molecule has 1 aromatic carbocycles. The summed E-state index contributed by atoms with van der Waals surface area (Å²) in [5, 5.41) is 0.739. The molecule has 2 aromatic rings. The maximum Gasteiger partial charge on any atom is 0.155 e. The molecule has 0 atom stereocenters. The number of halogens is 1. The van der Waals surface area contributed by atoms with Gasteiger partial charge in [-0.25, -0.2) is 0 Å². The minimum absolute atomic E-state index is 0.108. The van der Waals surface area contributed by atoms with Crippen molar-refractivity contribution in [1.29, 1.82) is 0 Å². The second kappa shape index (κ2) is 5.51. The summed E-state index contributed by atoms with van der Waals surface area (Å²) < 4.78 is 0. The van der Waals surface area contributed by atoms with Crippen LogP contribution >= 0.6 is 22.9 Å². The van der Waals surface area contributed by atoms with Crippen LogP contribution in [0, 0.1) is 0 Å². The van der Waals surface area contributed by atoms with Gasteiger partial charge in [0.05, 0.1) is 0 Å². The van der Waals surface area contributed by atoms with Gasteiger partial charge in [-0.15, -0.1) is 11.3 Å². The first kappa shape index (κ1) is 13.1. The molecule has 0 aliphatic rings. The Morgan fingerprint density at radius 1 is 1.11 bits per heavy atom. The lowest BCUT2D eigenvalue weighted by Crippen LogP contribution is -1.89. The van der Waals surface area contributed by atoms with Crippen LogP contribution in [0.4, 0.5) is 0 Å². The van der Waals surface area contributed by atoms with E-state index >= 15 is 0 Å². The molecule has 0 unspecified atom stereocenters. The lowest BCUT2D eigenvalue weighted by molar-refractivity contribution is -0.113. The minimum atomic E-state index is 0.108. The molecule has 3 heteroatoms. The van der Waals surface area contributed by atoms with Gasteiger partial charge in [-0.2, -0.15) is 0 Å². The summed E-state index contributed by atoms with van der Waals surface area (Å²) in [7, 11) is 0. The van der Waals surface area contributed by atoms with E-state index in [0.29, 0.717) is 0 Å². The maximum atomic E-state index is 11.2. The molecular formula is C15H13ClOS. The van der Waals surface area contributed by atoms with E-state index in [2.05, 4.69) is 6.07 Å². The van der Waals surface area contributed by atoms with Gasteiger partial charge in [0.25, 0.3) is 0 Å². The van der Waals surface area contributed by atoms with Gasteiger partial charge in [-0.05, 0) is 55.3 Å². The van der Waals surface area contributed by atoms with Crippen molar-refractivity contribution < 1.29 is 4.79 Å². The quantitative estimate of drug-likeness (QED) is 0.716. The topological polar surface area (TPSA) is 17.1 Å². The van der Waals surface area contributed by atoms with Crippen molar-refractivity contribution in [1.82, 2.24) is 0 Å². The highest BCUT2D eigenvalue weighted by Gasteiger charge is 2.03. The SMILES string of the molecule is CC(=O)/C(C)=C/c1ccc(-c2ccc(Cl)cc2)s1. The lowest BCUT2D eigenvalue weighted by atomic mass is 10.2. The van der Waals surface area contributed by atoms with Gasteiger partial charge in [0, 0.05) is 14.8 Å². The molecule has 0 saturated heterocycles. The van der Waals surface area contributed by atoms with Crippen molar-refractivity contribution in [3.63, 3.8) is 0 Å². The molecule has 2 rings (SSSR count). The van der Waals surface area contributed by atoms with E-state index in [-0.39, 0.29) is 5.78 Å². The molecule has 0 spiro atoms. The van der Waals surface area contributed by atoms with Gasteiger partial charge < -0.3 is 0 Å². The average molecular weight is 277 g/mol. The fraction of sp³-hybridized carbons (Fsp3) is 0.133. The van der Waals surface area contributed by atoms with E-state index in [1.807, 2.05) is 43.3 Å². The number of rotatable bonds is 3. The zero-order valence-electron chi connectivity index (χ0n) is 10.2. The number of benzene rings is 1. The Morgan fingerprint density at radius 3 is 2.39 bits per heavy atom. The fourth-order valence-electron chi connectivity index (χ4n) is 1.51. The van der Waals surface area contributed by atoms with E-state index in [0.717, 1.165) is 21.0 Å². The van der Waals surface area contributed by atoms with Gasteiger partial charge in [-0.1, -0.05) is 23.7 Å². The van der Waals surface area contributed by atoms with Crippen LogP contribution in [0.15, 0.2) is 42.0 Å². The van der Waals surface area contributed by atoms with Gasteiger partial charge >= 0.3 is 0 Å². The second-order valence-corrected chi connectivity index (χ2v) is 5.64. The van der Waals surface area contributed by atoms with Crippen LogP contribution in [0.25, 0.3) is 16.5 Å². The lowest BCUT2D eigenvalue weighted by Gasteiger charge is -1.96. The van der Waals surface area contributed by atoms with Crippen LogP contribution in [-0.2, 0) is 4.79 Å². The Labute approximate surface area is 116 Å². The molecule has 18 heavy (non-hydrogen) atoms. The zero-order valence-corrected chi connectivity index (χ0v) is 11.8. The Hall–Kier alpha value is -1.38. The monoisotopic (exact) mass is 276 g/mol. The van der Waals surface area contributed by atoms with E-state index in [9.17, 15) is 4.79 Å². The minimum Gasteiger partial charge on any atom is -0.295 e. The molecule has 0 N–H and O–H groups in total. The third kappa shape index (κ3) is 3.09. The molecule has 0 radical (unpaired) electrons. The highest BCUT2D eigenvalue weighted by Crippen LogP contribution is 2.30. The summed E-state index contributed by atoms with van der Waals surface area (Å²) in [6.45, 7) is 3.42. The van der Waals surface area contributed by atoms with Crippen LogP contribution in [0.3, 0.4) is 0 Å². The summed E-state index contributed by atoms with van der Waals surface area (Å²) in [6.07, 6.45) is 1.92. The Kier molecular flexibility index (Phi) is 4.00. The normalized spacial score (nSPS) is 11.6. The molecule has 0 bridgehead atoms. The van der Waals surface area contributed by atoms with Crippen LogP contribution in [-0.4, -0.2) is 5.78 Å². The molecule has 1 heterocycles. The molecule has 92 valence electrons. The van der Waals surface area contributed by atoms with Crippen molar-refractivity contribution in [3.8, 4) is 10.4 Å². The number of ketones is 1. The number of carbonyl (C=O) groups excluding carboxylic acids is 1. The molecule has 1 nitrogen and oxygen atoms in total. The summed E-state index contributed by atoms with van der Waals surface area (Å²) in [4.78, 5) is 13.4. The predicted octanol–water partition coefficient (Wildman–Crippen LogP) is 5.06. The number of allylic oxidation sites excluding steroid dienone is 1. The van der Waals surface area contributed by atoms with E-state index in [1.54, 1.807) is 18.3 Å². The molecular weight excluding hydrogens is 264 g/mol. The highest BCUT2D eigenvalue weighted by molar-refractivity contribution is 7.16. The first-order valence-corrected chi connectivity index (χ1v) is 6.81. The summed E-state index contributed by atoms with van der Waals surface area (Å²) in [5.74, 6) is 0.108. The first-order valence-electron chi connectivity index (χ1n) is 5.61. The first-order chi connectivity index (χ1) is 8.56. The summed E-state index contributed by atoms with van der Waals surface area (Å²) in [5.41, 5.74) is 1.92. The zero-order chi connectivity index (χ0) is 13.1. The molecule has 0 saturated carbocycles. The van der Waals surface area contributed by atoms with Crippen LogP contribution in [0.2, 0.25) is 5.02 Å². The smallest absolute Gasteiger partial charge is 0.155 e. The van der Waals surface area contributed by atoms with Gasteiger partial charge in [0.15, 0.2) is 5.78 Å². The number of thiophene rings is 1. The van der Waals surface area contributed by atoms with Gasteiger partial charge in [0.2, 0.25) is 0 Å². The van der Waals surface area contributed by atoms with Crippen molar-refractivity contribution in [2.75, 3.05) is 0 Å². The number of hydrogen-bond donors (Lipinski definition) is 0. The standard InChI is InChI=1S/C15H13ClOS/c1-10(11(2)17)9-14-7-8-15(18-14)12-3-5-13(16)6-4-12/h3-9H,1-2H3/b10-9+. The third-order valence-corrected chi connectivity index (χ3v) is 4.00. The summed E-state index contributed by atoms with van der Waals surface area (Å²) >= 11 is 7.53. The van der Waals surface area contributed by atoms with Crippen molar-refractivity contribution in [2.45, 2.75) is 13.8 Å². The number of Topliss-reactive ketones (excluding diaryl/α,β-unsaturated/α-hetero) is 1. The molecule has 0 aliphatic carbocycles. The van der Waals surface area contributed by atoms with Gasteiger partial charge in [-0.3, -0.25) is 4.79 Å². The molecule has 1 aromatic heterocycles. The fourth-order valence-corrected chi connectivity index (χ4v) is 2.66. The van der Waals surface area contributed by atoms with Crippen molar-refractivity contribution >= 4 is 34.8 Å². The highest BCUT2D eigenvalue weighted by atomic mass is 35.5. The van der Waals surface area contributed by atoms with E-state index in [4.69, 9.17) is 11.6 Å². The Balaban J connectivity index is 2.28. The van der Waals surface area contributed by atoms with Crippen LogP contribution in [0.5, 0.6) is 0 Å². The number of hydrogen-bond acceptors (Lipinski definition) is 2. The van der Waals surface area contributed by atoms with Crippen molar-refractivity contribution in [3.05, 3.63) is 51.9 Å². The van der Waals surface area contributed by atoms with E-state index in [1.165, 1.54) is 4.88 Å². The Morgan fingerprint density at radius 2 is 1.78 bits per heavy atom. The molecule has 0 aliphatic heterocycles. The van der Waals surface area contributed by atoms with Crippen LogP contribution < -0.4 is 0 Å².